The third-order valence-corrected chi connectivity index (χ3v) is 3.19. The number of hydrogen-bond donors (Lipinski definition) is 0. The van der Waals surface area contributed by atoms with Gasteiger partial charge >= 0.3 is 0 Å². The summed E-state index contributed by atoms with van der Waals surface area (Å²) in [6, 6.07) is 8.99. The molecule has 5 nitrogen and oxygen atoms in total. The number of aryl methyl sites for hydroxylation is 1. The molecule has 0 aliphatic rings. The van der Waals surface area contributed by atoms with Gasteiger partial charge in [0.2, 0.25) is 0 Å². The molecule has 3 aromatic rings. The average Bonchev–Trinajstić information content (AvgIpc) is 2.91. The van der Waals surface area contributed by atoms with E-state index in [4.69, 9.17) is 0 Å². The number of Topliss-reactive ketones (excluding diaryl/α,β-unsaturated/α-hetero) is 1. The van der Waals surface area contributed by atoms with Crippen molar-refractivity contribution in [2.24, 2.45) is 0 Å². The number of rotatable bonds is 3. The van der Waals surface area contributed by atoms with Gasteiger partial charge in [-0.2, -0.15) is 5.10 Å². The van der Waals surface area contributed by atoms with Crippen LogP contribution in [0.2, 0.25) is 0 Å². The van der Waals surface area contributed by atoms with Crippen LogP contribution in [0.25, 0.3) is 5.52 Å². The Morgan fingerprint density at radius 1 is 1.25 bits per heavy atom. The first-order valence-corrected chi connectivity index (χ1v) is 6.28. The predicted molar refractivity (Wildman–Crippen MR) is 75.0 cm³/mol. The Bertz CT molecular complexity index is 845. The Morgan fingerprint density at radius 2 is 2.10 bits per heavy atom. The Morgan fingerprint density at radius 3 is 2.90 bits per heavy atom. The van der Waals surface area contributed by atoms with Gasteiger partial charge in [0.1, 0.15) is 5.52 Å². The van der Waals surface area contributed by atoms with Gasteiger partial charge in [0.15, 0.2) is 5.78 Å². The second-order valence-electron chi connectivity index (χ2n) is 4.68. The minimum absolute atomic E-state index is 0.0317. The quantitative estimate of drug-likeness (QED) is 0.678. The van der Waals surface area contributed by atoms with E-state index < -0.39 is 0 Å². The van der Waals surface area contributed by atoms with Crippen molar-refractivity contribution in [3.63, 3.8) is 0 Å². The fraction of sp³-hybridized carbons (Fsp3) is 0.133. The normalized spacial score (nSPS) is 10.8. The minimum atomic E-state index is -0.217. The van der Waals surface area contributed by atoms with Crippen molar-refractivity contribution in [3.05, 3.63) is 70.4 Å². The molecule has 0 atom stereocenters. The number of carbonyl (C=O) groups excluding carboxylic acids is 1. The van der Waals surface area contributed by atoms with Gasteiger partial charge < -0.3 is 4.57 Å². The van der Waals surface area contributed by atoms with Crippen LogP contribution in [0.1, 0.15) is 15.9 Å². The van der Waals surface area contributed by atoms with Crippen LogP contribution in [0, 0.1) is 6.92 Å². The molecule has 0 aliphatic carbocycles. The van der Waals surface area contributed by atoms with E-state index in [0.29, 0.717) is 11.1 Å². The summed E-state index contributed by atoms with van der Waals surface area (Å²) in [5.74, 6) is -0.0836. The first-order valence-electron chi connectivity index (χ1n) is 6.28. The van der Waals surface area contributed by atoms with Crippen LogP contribution in [0.4, 0.5) is 0 Å². The average molecular weight is 267 g/mol. The Hall–Kier alpha value is -2.69. The molecule has 0 aliphatic heterocycles. The SMILES string of the molecule is Cc1cccc(C(=O)Cn2ccn3nccc3c2=O)c1. The van der Waals surface area contributed by atoms with Crippen LogP contribution in [-0.4, -0.2) is 20.0 Å². The van der Waals surface area contributed by atoms with E-state index in [1.54, 1.807) is 30.7 Å². The molecule has 1 aromatic carbocycles. The van der Waals surface area contributed by atoms with Crippen molar-refractivity contribution in [1.29, 1.82) is 0 Å². The fourth-order valence-corrected chi connectivity index (χ4v) is 2.15. The zero-order valence-electron chi connectivity index (χ0n) is 11.0. The molecule has 0 radical (unpaired) electrons. The molecule has 0 N–H and O–H groups in total. The summed E-state index contributed by atoms with van der Waals surface area (Å²) in [5.41, 5.74) is 1.88. The van der Waals surface area contributed by atoms with E-state index in [9.17, 15) is 9.59 Å². The van der Waals surface area contributed by atoms with Gasteiger partial charge in [-0.3, -0.25) is 9.59 Å². The van der Waals surface area contributed by atoms with Crippen molar-refractivity contribution in [2.45, 2.75) is 13.5 Å². The molecule has 2 heterocycles. The van der Waals surface area contributed by atoms with Crippen LogP contribution in [-0.2, 0) is 6.54 Å². The monoisotopic (exact) mass is 267 g/mol. The van der Waals surface area contributed by atoms with Crippen molar-refractivity contribution in [1.82, 2.24) is 14.2 Å². The third-order valence-electron chi connectivity index (χ3n) is 3.19. The van der Waals surface area contributed by atoms with Crippen molar-refractivity contribution >= 4 is 11.3 Å². The molecule has 0 bridgehead atoms. The van der Waals surface area contributed by atoms with Crippen molar-refractivity contribution in [2.75, 3.05) is 0 Å². The summed E-state index contributed by atoms with van der Waals surface area (Å²) in [6.45, 7) is 1.96. The summed E-state index contributed by atoms with van der Waals surface area (Å²) >= 11 is 0. The predicted octanol–water partition coefficient (Wildman–Crippen LogP) is 1.69. The maximum atomic E-state index is 12.2. The van der Waals surface area contributed by atoms with Crippen LogP contribution in [0.3, 0.4) is 0 Å². The summed E-state index contributed by atoms with van der Waals surface area (Å²) < 4.78 is 2.90. The van der Waals surface area contributed by atoms with E-state index in [1.807, 2.05) is 25.1 Å². The molecular weight excluding hydrogens is 254 g/mol. The number of nitrogens with zero attached hydrogens (tertiary/aromatic N) is 3. The molecule has 5 heteroatoms. The minimum Gasteiger partial charge on any atom is -0.304 e. The van der Waals surface area contributed by atoms with Crippen LogP contribution < -0.4 is 5.56 Å². The van der Waals surface area contributed by atoms with E-state index in [-0.39, 0.29) is 17.9 Å². The lowest BCUT2D eigenvalue weighted by atomic mass is 10.1. The summed E-state index contributed by atoms with van der Waals surface area (Å²) in [5, 5.41) is 3.99. The number of carbonyl (C=O) groups is 1. The Kier molecular flexibility index (Phi) is 2.95. The lowest BCUT2D eigenvalue weighted by Gasteiger charge is -2.06. The molecular formula is C15H13N3O2. The number of hydrogen-bond acceptors (Lipinski definition) is 3. The molecule has 20 heavy (non-hydrogen) atoms. The number of benzene rings is 1. The highest BCUT2D eigenvalue weighted by Crippen LogP contribution is 2.06. The van der Waals surface area contributed by atoms with Gasteiger partial charge in [-0.25, -0.2) is 4.52 Å². The molecule has 2 aromatic heterocycles. The number of fused-ring (bicyclic) bond motifs is 1. The lowest BCUT2D eigenvalue weighted by Crippen LogP contribution is -2.25. The number of ketones is 1. The second kappa shape index (κ2) is 4.77. The number of aromatic nitrogens is 3. The Balaban J connectivity index is 1.95. The lowest BCUT2D eigenvalue weighted by molar-refractivity contribution is 0.0971. The largest absolute Gasteiger partial charge is 0.304 e. The van der Waals surface area contributed by atoms with Gasteiger partial charge in [-0.15, -0.1) is 0 Å². The van der Waals surface area contributed by atoms with Gasteiger partial charge in [0, 0.05) is 18.0 Å². The van der Waals surface area contributed by atoms with Gasteiger partial charge in [0.25, 0.3) is 5.56 Å². The highest BCUT2D eigenvalue weighted by atomic mass is 16.1. The molecule has 0 unspecified atom stereocenters. The van der Waals surface area contributed by atoms with Crippen LogP contribution in [0.5, 0.6) is 0 Å². The highest BCUT2D eigenvalue weighted by Gasteiger charge is 2.09. The topological polar surface area (TPSA) is 56.4 Å². The van der Waals surface area contributed by atoms with E-state index >= 15 is 0 Å². The second-order valence-corrected chi connectivity index (χ2v) is 4.68. The fourth-order valence-electron chi connectivity index (χ4n) is 2.15. The van der Waals surface area contributed by atoms with Gasteiger partial charge in [-0.05, 0) is 19.1 Å². The van der Waals surface area contributed by atoms with E-state index in [1.165, 1.54) is 9.08 Å². The molecule has 0 saturated carbocycles. The molecule has 0 fully saturated rings. The summed E-state index contributed by atoms with van der Waals surface area (Å²) in [7, 11) is 0. The first kappa shape index (κ1) is 12.3. The molecule has 3 rings (SSSR count). The van der Waals surface area contributed by atoms with Gasteiger partial charge in [0.05, 0.1) is 12.7 Å². The molecule has 0 saturated heterocycles. The van der Waals surface area contributed by atoms with Crippen molar-refractivity contribution in [3.8, 4) is 0 Å². The molecule has 0 spiro atoms. The Labute approximate surface area is 115 Å². The zero-order valence-corrected chi connectivity index (χ0v) is 11.0. The van der Waals surface area contributed by atoms with Crippen LogP contribution in [0.15, 0.2) is 53.7 Å². The summed E-state index contributed by atoms with van der Waals surface area (Å²) in [4.78, 5) is 24.4. The first-order chi connectivity index (χ1) is 9.65. The summed E-state index contributed by atoms with van der Waals surface area (Å²) in [6.07, 6.45) is 4.81. The maximum absolute atomic E-state index is 12.2. The standard InChI is InChI=1S/C15H13N3O2/c1-11-3-2-4-12(9-11)14(19)10-17-7-8-18-13(15(17)20)5-6-16-18/h2-9H,10H2,1H3. The highest BCUT2D eigenvalue weighted by molar-refractivity contribution is 5.96. The van der Waals surface area contributed by atoms with Gasteiger partial charge in [-0.1, -0.05) is 23.8 Å². The third kappa shape index (κ3) is 2.14. The van der Waals surface area contributed by atoms with E-state index in [0.717, 1.165) is 5.56 Å². The van der Waals surface area contributed by atoms with Crippen LogP contribution >= 0.6 is 0 Å². The molecule has 0 amide bonds. The van der Waals surface area contributed by atoms with Crippen molar-refractivity contribution < 1.29 is 4.79 Å². The zero-order chi connectivity index (χ0) is 14.1. The molecule has 100 valence electrons. The van der Waals surface area contributed by atoms with E-state index in [2.05, 4.69) is 5.10 Å². The maximum Gasteiger partial charge on any atom is 0.276 e. The smallest absolute Gasteiger partial charge is 0.276 e.